The van der Waals surface area contributed by atoms with Crippen LogP contribution in [0.5, 0.6) is 17.2 Å². The van der Waals surface area contributed by atoms with Crippen molar-refractivity contribution in [1.82, 2.24) is 4.90 Å². The fourth-order valence-electron chi connectivity index (χ4n) is 6.38. The lowest BCUT2D eigenvalue weighted by Crippen LogP contribution is -2.40. The molecule has 0 radical (unpaired) electrons. The van der Waals surface area contributed by atoms with Crippen LogP contribution in [0.3, 0.4) is 0 Å². The fraction of sp³-hybridized carbons (Fsp3) is 0.367. The Bertz CT molecular complexity index is 1480. The zero-order valence-electron chi connectivity index (χ0n) is 22.4. The van der Waals surface area contributed by atoms with Crippen LogP contribution in [0.2, 0.25) is 0 Å². The number of fused-ring (bicyclic) bond motifs is 3. The first-order valence-corrected chi connectivity index (χ1v) is 14.0. The van der Waals surface area contributed by atoms with E-state index >= 15 is 0 Å². The van der Waals surface area contributed by atoms with Crippen molar-refractivity contribution >= 4 is 51.4 Å². The number of rotatable bonds is 8. The Morgan fingerprint density at radius 1 is 1.10 bits per heavy atom. The lowest BCUT2D eigenvalue weighted by molar-refractivity contribution is -0.142. The van der Waals surface area contributed by atoms with Crippen molar-refractivity contribution in [1.29, 1.82) is 0 Å². The Morgan fingerprint density at radius 2 is 1.78 bits per heavy atom. The molecule has 4 unspecified atom stereocenters. The van der Waals surface area contributed by atoms with Gasteiger partial charge in [0, 0.05) is 36.1 Å². The number of likely N-dealkylation sites (tertiary alicyclic amines) is 1. The van der Waals surface area contributed by atoms with E-state index in [0.717, 1.165) is 10.5 Å². The average molecular weight is 626 g/mol. The van der Waals surface area contributed by atoms with Crippen LogP contribution < -0.4 is 9.47 Å². The molecule has 214 valence electrons. The van der Waals surface area contributed by atoms with Gasteiger partial charge in [-0.3, -0.25) is 28.9 Å². The topological polar surface area (TPSA) is 148 Å². The Kier molecular flexibility index (Phi) is 7.74. The van der Waals surface area contributed by atoms with Crippen molar-refractivity contribution in [2.75, 3.05) is 20.8 Å². The van der Waals surface area contributed by atoms with Crippen molar-refractivity contribution in [3.05, 3.63) is 57.1 Å². The fourth-order valence-corrected chi connectivity index (χ4v) is 6.82. The van der Waals surface area contributed by atoms with Crippen molar-refractivity contribution in [2.24, 2.45) is 23.7 Å². The number of methoxy groups -OCH3 is 2. The van der Waals surface area contributed by atoms with Gasteiger partial charge in [-0.2, -0.15) is 0 Å². The smallest absolute Gasteiger partial charge is 0.303 e. The van der Waals surface area contributed by atoms with Crippen LogP contribution in [0.25, 0.3) is 6.08 Å². The molecule has 1 fully saturated rings. The highest BCUT2D eigenvalue weighted by molar-refractivity contribution is 9.12. The van der Waals surface area contributed by atoms with Gasteiger partial charge in [0.05, 0.1) is 30.5 Å². The number of ketones is 2. The standard InChI is InChI=1S/C30H28BrNO9/c1-40-22-10-14(11-23(41-2)28(22)37)5-6-16-15-7-8-17-26(30(39)32(29(17)38)9-3-4-24(34)35)18(15)12-19-25(16)21(33)13-20(31)27(19)36/h5-7,10-11,13,16-18,26,37H,3-4,8-9,12H2,1-2H3,(H,34,35). The number of ether oxygens (including phenoxy) is 2. The van der Waals surface area contributed by atoms with E-state index in [9.17, 15) is 29.1 Å². The van der Waals surface area contributed by atoms with E-state index in [1.54, 1.807) is 24.3 Å². The summed E-state index contributed by atoms with van der Waals surface area (Å²) in [6.07, 6.45) is 7.11. The number of amides is 2. The molecule has 0 aromatic heterocycles. The van der Waals surface area contributed by atoms with Crippen molar-refractivity contribution in [2.45, 2.75) is 25.7 Å². The van der Waals surface area contributed by atoms with Gasteiger partial charge >= 0.3 is 5.97 Å². The van der Waals surface area contributed by atoms with Gasteiger partial charge in [-0.15, -0.1) is 0 Å². The lowest BCUT2D eigenvalue weighted by atomic mass is 9.61. The number of hydrogen-bond acceptors (Lipinski definition) is 8. The van der Waals surface area contributed by atoms with Crippen molar-refractivity contribution in [3.63, 3.8) is 0 Å². The summed E-state index contributed by atoms with van der Waals surface area (Å²) in [5.74, 6) is -4.55. The number of carboxylic acids is 1. The average Bonchev–Trinajstić information content (AvgIpc) is 3.19. The highest BCUT2D eigenvalue weighted by Gasteiger charge is 2.55. The summed E-state index contributed by atoms with van der Waals surface area (Å²) in [7, 11) is 2.82. The number of benzene rings is 1. The maximum Gasteiger partial charge on any atom is 0.303 e. The number of imide groups is 1. The first-order chi connectivity index (χ1) is 19.6. The molecule has 11 heteroatoms. The number of nitrogens with zero attached hydrogens (tertiary/aromatic N) is 1. The van der Waals surface area contributed by atoms with Gasteiger partial charge in [-0.05, 0) is 58.8 Å². The summed E-state index contributed by atoms with van der Waals surface area (Å²) in [6, 6.07) is 3.21. The molecule has 1 aliphatic heterocycles. The number of halogens is 1. The van der Waals surface area contributed by atoms with E-state index in [-0.39, 0.29) is 70.9 Å². The maximum atomic E-state index is 13.6. The summed E-state index contributed by atoms with van der Waals surface area (Å²) in [6.45, 7) is 0.0204. The second kappa shape index (κ2) is 11.1. The Balaban J connectivity index is 1.55. The van der Waals surface area contributed by atoms with E-state index in [2.05, 4.69) is 15.9 Å². The van der Waals surface area contributed by atoms with Gasteiger partial charge in [-0.1, -0.05) is 23.8 Å². The van der Waals surface area contributed by atoms with Crippen LogP contribution in [0, 0.1) is 23.7 Å². The number of phenolic OH excluding ortho intramolecular Hbond substituents is 1. The predicted octanol–water partition coefficient (Wildman–Crippen LogP) is 3.58. The quantitative estimate of drug-likeness (QED) is 0.251. The normalized spacial score (nSPS) is 25.6. The molecular weight excluding hydrogens is 598 g/mol. The molecule has 5 rings (SSSR count). The number of carbonyl (C=O) groups is 5. The molecule has 10 nitrogen and oxygen atoms in total. The van der Waals surface area contributed by atoms with Crippen LogP contribution in [-0.4, -0.2) is 65.2 Å². The lowest BCUT2D eigenvalue weighted by Gasteiger charge is -2.41. The SMILES string of the molecule is COc1cc(C=CC2C3=CCC4C(=O)N(CCCC(=O)O)C(=O)C4C3CC3=C2C(=O)C=C(Br)C3=O)cc(OC)c1O. The molecule has 1 heterocycles. The third kappa shape index (κ3) is 4.92. The maximum absolute atomic E-state index is 13.6. The summed E-state index contributed by atoms with van der Waals surface area (Å²) >= 11 is 3.20. The summed E-state index contributed by atoms with van der Waals surface area (Å²) in [5, 5.41) is 19.3. The van der Waals surface area contributed by atoms with E-state index < -0.39 is 29.6 Å². The van der Waals surface area contributed by atoms with Crippen molar-refractivity contribution < 1.29 is 43.7 Å². The summed E-state index contributed by atoms with van der Waals surface area (Å²) in [4.78, 5) is 65.5. The zero-order valence-corrected chi connectivity index (χ0v) is 24.0. The molecule has 1 saturated heterocycles. The van der Waals surface area contributed by atoms with Gasteiger partial charge in [0.2, 0.25) is 17.6 Å². The largest absolute Gasteiger partial charge is 0.502 e. The van der Waals surface area contributed by atoms with Crippen LogP contribution in [0.4, 0.5) is 0 Å². The molecule has 2 N–H and O–H groups in total. The molecule has 1 aromatic rings. The Labute approximate surface area is 244 Å². The number of carboxylic acid groups (broad SMARTS) is 1. The number of aromatic hydroxyl groups is 1. The molecule has 2 amide bonds. The van der Waals surface area contributed by atoms with Crippen LogP contribution in [0.15, 0.2) is 51.6 Å². The van der Waals surface area contributed by atoms with E-state index in [0.29, 0.717) is 23.1 Å². The molecule has 0 bridgehead atoms. The monoisotopic (exact) mass is 625 g/mol. The Morgan fingerprint density at radius 3 is 2.41 bits per heavy atom. The number of phenols is 1. The van der Waals surface area contributed by atoms with Gasteiger partial charge in [0.25, 0.3) is 0 Å². The van der Waals surface area contributed by atoms with Gasteiger partial charge < -0.3 is 19.7 Å². The van der Waals surface area contributed by atoms with Crippen LogP contribution in [0.1, 0.15) is 31.2 Å². The number of carbonyl (C=O) groups excluding carboxylic acids is 4. The second-order valence-electron chi connectivity index (χ2n) is 10.4. The first-order valence-electron chi connectivity index (χ1n) is 13.2. The molecular formula is C30H28BrNO9. The third-order valence-electron chi connectivity index (χ3n) is 8.23. The molecule has 0 spiro atoms. The van der Waals surface area contributed by atoms with E-state index in [4.69, 9.17) is 14.6 Å². The molecule has 3 aliphatic carbocycles. The molecule has 1 aromatic carbocycles. The van der Waals surface area contributed by atoms with Gasteiger partial charge in [0.1, 0.15) is 0 Å². The number of Topliss-reactive ketones (excluding diaryl/α,β-unsaturated/α-hetero) is 1. The minimum atomic E-state index is -1.00. The molecule has 0 saturated carbocycles. The number of allylic oxidation sites excluding steroid dienone is 7. The van der Waals surface area contributed by atoms with Gasteiger partial charge in [0.15, 0.2) is 23.1 Å². The van der Waals surface area contributed by atoms with Gasteiger partial charge in [-0.25, -0.2) is 0 Å². The van der Waals surface area contributed by atoms with Crippen LogP contribution >= 0.6 is 15.9 Å². The van der Waals surface area contributed by atoms with E-state index in [1.165, 1.54) is 20.3 Å². The Hall–Kier alpha value is -3.99. The highest BCUT2D eigenvalue weighted by Crippen LogP contribution is 2.53. The zero-order chi connectivity index (χ0) is 29.6. The summed E-state index contributed by atoms with van der Waals surface area (Å²) < 4.78 is 10.6. The number of aliphatic carboxylic acids is 1. The minimum Gasteiger partial charge on any atom is -0.502 e. The second-order valence-corrected chi connectivity index (χ2v) is 11.3. The predicted molar refractivity (Wildman–Crippen MR) is 149 cm³/mol. The highest BCUT2D eigenvalue weighted by atomic mass is 79.9. The number of hydrogen-bond donors (Lipinski definition) is 2. The third-order valence-corrected chi connectivity index (χ3v) is 8.82. The first kappa shape index (κ1) is 28.5. The van der Waals surface area contributed by atoms with Crippen molar-refractivity contribution in [3.8, 4) is 17.2 Å². The van der Waals surface area contributed by atoms with Crippen LogP contribution in [-0.2, 0) is 24.0 Å². The summed E-state index contributed by atoms with van der Waals surface area (Å²) in [5.41, 5.74) is 2.05. The minimum absolute atomic E-state index is 0.0204. The molecule has 41 heavy (non-hydrogen) atoms. The van der Waals surface area contributed by atoms with E-state index in [1.807, 2.05) is 6.08 Å². The molecule has 4 aliphatic rings. The molecule has 4 atom stereocenters.